The SMILES string of the molecule is CC/C=C\C/C=C\C/C=C\C/C=C\CCC(=O)NC(COC1OC(CO)C(O)C(O)C1O)C(O)/C=C/CC/C=C/CCCCCCCCCCCCCCCCC. The molecule has 1 aliphatic heterocycles. The number of rotatable bonds is 36. The predicted molar refractivity (Wildman–Crippen MR) is 235 cm³/mol. The summed E-state index contributed by atoms with van der Waals surface area (Å²) in [5.41, 5.74) is 0. The summed E-state index contributed by atoms with van der Waals surface area (Å²) in [6.07, 6.45) is 44.0. The van der Waals surface area contributed by atoms with Crippen molar-refractivity contribution in [3.63, 3.8) is 0 Å². The summed E-state index contributed by atoms with van der Waals surface area (Å²) in [4.78, 5) is 12.9. The number of carbonyl (C=O) groups is 1. The van der Waals surface area contributed by atoms with E-state index in [0.29, 0.717) is 6.42 Å². The fraction of sp³-hybridized carbons (Fsp3) is 0.729. The highest BCUT2D eigenvalue weighted by molar-refractivity contribution is 5.76. The predicted octanol–water partition coefficient (Wildman–Crippen LogP) is 9.39. The second kappa shape index (κ2) is 37.9. The van der Waals surface area contributed by atoms with Crippen molar-refractivity contribution >= 4 is 5.91 Å². The molecule has 0 saturated carbocycles. The molecule has 1 saturated heterocycles. The van der Waals surface area contributed by atoms with Gasteiger partial charge in [0.05, 0.1) is 25.4 Å². The minimum atomic E-state index is -1.59. The number of aliphatic hydroxyl groups is 5. The van der Waals surface area contributed by atoms with E-state index in [0.717, 1.165) is 44.9 Å². The number of hydrogen-bond donors (Lipinski definition) is 6. The van der Waals surface area contributed by atoms with Crippen molar-refractivity contribution in [3.8, 4) is 0 Å². The van der Waals surface area contributed by atoms with Crippen LogP contribution in [0.15, 0.2) is 72.9 Å². The van der Waals surface area contributed by atoms with Crippen LogP contribution in [0.3, 0.4) is 0 Å². The summed E-state index contributed by atoms with van der Waals surface area (Å²) in [5, 5.41) is 54.0. The molecule has 0 aromatic carbocycles. The lowest BCUT2D eigenvalue weighted by molar-refractivity contribution is -0.302. The van der Waals surface area contributed by atoms with Gasteiger partial charge in [-0.05, 0) is 57.8 Å². The number of carbonyl (C=O) groups excluding carboxylic acids is 1. The zero-order chi connectivity index (χ0) is 41.6. The van der Waals surface area contributed by atoms with Crippen LogP contribution in [0.5, 0.6) is 0 Å². The second-order valence-electron chi connectivity index (χ2n) is 15.5. The number of aliphatic hydroxyl groups excluding tert-OH is 5. The van der Waals surface area contributed by atoms with E-state index in [1.165, 1.54) is 96.3 Å². The molecule has 1 rings (SSSR count). The van der Waals surface area contributed by atoms with Crippen molar-refractivity contribution in [1.82, 2.24) is 5.32 Å². The molecule has 0 radical (unpaired) electrons. The van der Waals surface area contributed by atoms with Crippen molar-refractivity contribution in [2.75, 3.05) is 13.2 Å². The van der Waals surface area contributed by atoms with E-state index >= 15 is 0 Å². The van der Waals surface area contributed by atoms with Gasteiger partial charge in [0.15, 0.2) is 6.29 Å². The van der Waals surface area contributed by atoms with Gasteiger partial charge in [-0.25, -0.2) is 0 Å². The molecule has 6 N–H and O–H groups in total. The third-order valence-corrected chi connectivity index (χ3v) is 10.3. The molecule has 57 heavy (non-hydrogen) atoms. The molecular weight excluding hydrogens is 719 g/mol. The Morgan fingerprint density at radius 1 is 0.614 bits per heavy atom. The quantitative estimate of drug-likeness (QED) is 0.0271. The minimum Gasteiger partial charge on any atom is -0.394 e. The fourth-order valence-electron chi connectivity index (χ4n) is 6.65. The van der Waals surface area contributed by atoms with Crippen molar-refractivity contribution < 1.29 is 39.8 Å². The molecule has 7 unspecified atom stereocenters. The Labute approximate surface area is 347 Å². The zero-order valence-electron chi connectivity index (χ0n) is 35.8. The topological polar surface area (TPSA) is 149 Å². The minimum absolute atomic E-state index is 0.214. The molecule has 1 fully saturated rings. The summed E-state index contributed by atoms with van der Waals surface area (Å²) >= 11 is 0. The maximum Gasteiger partial charge on any atom is 0.220 e. The van der Waals surface area contributed by atoms with Crippen LogP contribution in [0.2, 0.25) is 0 Å². The zero-order valence-corrected chi connectivity index (χ0v) is 35.8. The van der Waals surface area contributed by atoms with Gasteiger partial charge in [-0.3, -0.25) is 4.79 Å². The molecule has 0 aromatic heterocycles. The molecule has 9 heteroatoms. The van der Waals surface area contributed by atoms with E-state index in [4.69, 9.17) is 9.47 Å². The van der Waals surface area contributed by atoms with Gasteiger partial charge in [0.2, 0.25) is 5.91 Å². The lowest BCUT2D eigenvalue weighted by atomic mass is 9.99. The van der Waals surface area contributed by atoms with Crippen LogP contribution in [-0.4, -0.2) is 87.5 Å². The molecule has 0 aliphatic carbocycles. The Bertz CT molecular complexity index is 1120. The van der Waals surface area contributed by atoms with Gasteiger partial charge in [0.25, 0.3) is 0 Å². The molecule has 0 aromatic rings. The maximum atomic E-state index is 12.9. The van der Waals surface area contributed by atoms with E-state index in [2.05, 4.69) is 67.8 Å². The van der Waals surface area contributed by atoms with E-state index < -0.39 is 49.5 Å². The van der Waals surface area contributed by atoms with Crippen molar-refractivity contribution in [2.24, 2.45) is 0 Å². The van der Waals surface area contributed by atoms with E-state index in [1.807, 2.05) is 18.2 Å². The van der Waals surface area contributed by atoms with Gasteiger partial charge in [-0.15, -0.1) is 0 Å². The Kier molecular flexibility index (Phi) is 35.0. The molecular formula is C48H83NO8. The third kappa shape index (κ3) is 28.7. The van der Waals surface area contributed by atoms with Gasteiger partial charge in [-0.2, -0.15) is 0 Å². The summed E-state index contributed by atoms with van der Waals surface area (Å²) in [6, 6.07) is -0.862. The molecule has 7 atom stereocenters. The normalized spacial score (nSPS) is 21.7. The van der Waals surface area contributed by atoms with Gasteiger partial charge in [-0.1, -0.05) is 177 Å². The summed E-state index contributed by atoms with van der Waals surface area (Å²) in [5.74, 6) is -0.269. The average molecular weight is 802 g/mol. The number of nitrogens with one attached hydrogen (secondary N) is 1. The van der Waals surface area contributed by atoms with Crippen molar-refractivity contribution in [3.05, 3.63) is 72.9 Å². The third-order valence-electron chi connectivity index (χ3n) is 10.3. The number of hydrogen-bond acceptors (Lipinski definition) is 8. The molecule has 328 valence electrons. The number of ether oxygens (including phenoxy) is 2. The van der Waals surface area contributed by atoms with Crippen LogP contribution in [0.4, 0.5) is 0 Å². The lowest BCUT2D eigenvalue weighted by Gasteiger charge is -2.40. The van der Waals surface area contributed by atoms with E-state index in [9.17, 15) is 30.3 Å². The molecule has 0 bridgehead atoms. The summed E-state index contributed by atoms with van der Waals surface area (Å²) in [7, 11) is 0. The maximum absolute atomic E-state index is 12.9. The average Bonchev–Trinajstić information content (AvgIpc) is 3.21. The summed E-state index contributed by atoms with van der Waals surface area (Å²) < 4.78 is 11.2. The van der Waals surface area contributed by atoms with Crippen LogP contribution < -0.4 is 5.32 Å². The number of amides is 1. The summed E-state index contributed by atoms with van der Waals surface area (Å²) in [6.45, 7) is 3.58. The fourth-order valence-corrected chi connectivity index (χ4v) is 6.65. The van der Waals surface area contributed by atoms with Crippen LogP contribution in [0.25, 0.3) is 0 Å². The first-order valence-corrected chi connectivity index (χ1v) is 22.7. The Hall–Kier alpha value is -2.37. The van der Waals surface area contributed by atoms with Gasteiger partial charge in [0.1, 0.15) is 24.4 Å². The highest BCUT2D eigenvalue weighted by Crippen LogP contribution is 2.22. The molecule has 1 aliphatic rings. The molecule has 0 spiro atoms. The first-order chi connectivity index (χ1) is 27.8. The highest BCUT2D eigenvalue weighted by Gasteiger charge is 2.44. The van der Waals surface area contributed by atoms with Gasteiger partial charge < -0.3 is 40.3 Å². The second-order valence-corrected chi connectivity index (χ2v) is 15.5. The van der Waals surface area contributed by atoms with E-state index in [-0.39, 0.29) is 18.9 Å². The highest BCUT2D eigenvalue weighted by atomic mass is 16.7. The first kappa shape index (κ1) is 52.6. The Morgan fingerprint density at radius 3 is 1.67 bits per heavy atom. The van der Waals surface area contributed by atoms with Crippen molar-refractivity contribution in [2.45, 2.75) is 211 Å². The van der Waals surface area contributed by atoms with Crippen LogP contribution in [0, 0.1) is 0 Å². The van der Waals surface area contributed by atoms with E-state index in [1.54, 1.807) is 6.08 Å². The van der Waals surface area contributed by atoms with Crippen molar-refractivity contribution in [1.29, 1.82) is 0 Å². The molecule has 9 nitrogen and oxygen atoms in total. The van der Waals surface area contributed by atoms with Gasteiger partial charge >= 0.3 is 0 Å². The first-order valence-electron chi connectivity index (χ1n) is 22.7. The largest absolute Gasteiger partial charge is 0.394 e. The standard InChI is InChI=1S/C48H83NO8/c1-3-5-7-9-11-13-15-17-18-19-20-21-22-23-24-26-27-29-31-33-35-37-42(51)41(40-56-48-47(55)46(54)45(53)43(39-50)57-48)49-44(52)38-36-34-32-30-28-25-16-14-12-10-8-6-4-2/h6,8,12,14,25,27-29,32,34-35,37,41-43,45-48,50-51,53-55H,3-5,7,9-11,13,15-24,26,30-31,33,36,38-40H2,1-2H3,(H,49,52)/b8-6-,14-12-,28-25-,29-27+,34-32-,37-35+. The van der Waals surface area contributed by atoms with Crippen LogP contribution in [0.1, 0.15) is 168 Å². The smallest absolute Gasteiger partial charge is 0.220 e. The number of unbranched alkanes of at least 4 members (excludes halogenated alkanes) is 16. The Balaban J connectivity index is 2.41. The number of allylic oxidation sites excluding steroid dienone is 11. The monoisotopic (exact) mass is 802 g/mol. The Morgan fingerprint density at radius 2 is 1.11 bits per heavy atom. The van der Waals surface area contributed by atoms with Gasteiger partial charge in [0, 0.05) is 6.42 Å². The lowest BCUT2D eigenvalue weighted by Crippen LogP contribution is -2.60. The van der Waals surface area contributed by atoms with Crippen LogP contribution in [-0.2, 0) is 14.3 Å². The molecule has 1 heterocycles. The van der Waals surface area contributed by atoms with Crippen LogP contribution >= 0.6 is 0 Å². The molecule has 1 amide bonds.